The second-order valence-electron chi connectivity index (χ2n) is 7.59. The molecular formula is C22H20Cl2N4O2. The molecule has 2 aromatic carbocycles. The van der Waals surface area contributed by atoms with Crippen molar-refractivity contribution in [2.24, 2.45) is 0 Å². The number of amides is 1. The molecule has 1 fully saturated rings. The topological polar surface area (TPSA) is 79.8 Å². The highest BCUT2D eigenvalue weighted by Gasteiger charge is 2.26. The van der Waals surface area contributed by atoms with Crippen LogP contribution in [0.5, 0.6) is 0 Å². The molecule has 0 bridgehead atoms. The van der Waals surface area contributed by atoms with Crippen LogP contribution >= 0.6 is 23.2 Å². The molecule has 0 aliphatic heterocycles. The van der Waals surface area contributed by atoms with E-state index in [1.807, 2.05) is 16.7 Å². The molecule has 0 saturated heterocycles. The van der Waals surface area contributed by atoms with Crippen molar-refractivity contribution in [1.82, 2.24) is 14.5 Å². The largest absolute Gasteiger partial charge is 0.356 e. The van der Waals surface area contributed by atoms with Gasteiger partial charge in [0.1, 0.15) is 0 Å². The van der Waals surface area contributed by atoms with E-state index in [-0.39, 0.29) is 17.8 Å². The summed E-state index contributed by atoms with van der Waals surface area (Å²) in [4.78, 5) is 24.2. The van der Waals surface area contributed by atoms with Gasteiger partial charge in [0.2, 0.25) is 6.41 Å². The fourth-order valence-electron chi connectivity index (χ4n) is 4.27. The van der Waals surface area contributed by atoms with Crippen LogP contribution in [-0.4, -0.2) is 21.6 Å². The van der Waals surface area contributed by atoms with Gasteiger partial charge in [-0.25, -0.2) is 4.79 Å². The van der Waals surface area contributed by atoms with Crippen LogP contribution < -0.4 is 11.0 Å². The SMILES string of the molecule is N#Cc1ccc2c(c1)n(Cc1ccc(Cl)c(Cl)c1)c(=O)n2C1CCC(NC=O)CC1. The summed E-state index contributed by atoms with van der Waals surface area (Å²) in [7, 11) is 0. The van der Waals surface area contributed by atoms with Gasteiger partial charge >= 0.3 is 5.69 Å². The van der Waals surface area contributed by atoms with Crippen molar-refractivity contribution in [3.8, 4) is 6.07 Å². The zero-order chi connectivity index (χ0) is 21.3. The van der Waals surface area contributed by atoms with E-state index >= 15 is 0 Å². The van der Waals surface area contributed by atoms with E-state index < -0.39 is 0 Å². The summed E-state index contributed by atoms with van der Waals surface area (Å²) >= 11 is 12.2. The van der Waals surface area contributed by atoms with Gasteiger partial charge in [0.15, 0.2) is 0 Å². The van der Waals surface area contributed by atoms with Crippen molar-refractivity contribution in [3.63, 3.8) is 0 Å². The number of hydrogen-bond acceptors (Lipinski definition) is 3. The fourth-order valence-corrected chi connectivity index (χ4v) is 4.59. The van der Waals surface area contributed by atoms with Crippen LogP contribution in [0.2, 0.25) is 10.0 Å². The third kappa shape index (κ3) is 3.83. The van der Waals surface area contributed by atoms with E-state index in [4.69, 9.17) is 23.2 Å². The molecule has 1 saturated carbocycles. The minimum atomic E-state index is -0.113. The van der Waals surface area contributed by atoms with Gasteiger partial charge in [-0.05, 0) is 61.6 Å². The molecule has 1 heterocycles. The molecule has 1 N–H and O–H groups in total. The molecule has 1 aliphatic carbocycles. The van der Waals surface area contributed by atoms with Gasteiger partial charge < -0.3 is 5.32 Å². The Bertz CT molecular complexity index is 1200. The van der Waals surface area contributed by atoms with E-state index in [2.05, 4.69) is 11.4 Å². The summed E-state index contributed by atoms with van der Waals surface area (Å²) in [5, 5.41) is 13.1. The number of imidazole rings is 1. The fraction of sp³-hybridized carbons (Fsp3) is 0.318. The summed E-state index contributed by atoms with van der Waals surface area (Å²) in [6, 6.07) is 13.0. The average Bonchev–Trinajstić information content (AvgIpc) is 3.02. The molecule has 8 heteroatoms. The number of nitrogens with zero attached hydrogens (tertiary/aromatic N) is 3. The molecular weight excluding hydrogens is 423 g/mol. The molecule has 4 rings (SSSR count). The number of rotatable bonds is 5. The highest BCUT2D eigenvalue weighted by atomic mass is 35.5. The van der Waals surface area contributed by atoms with Gasteiger partial charge in [-0.1, -0.05) is 29.3 Å². The number of hydrogen-bond donors (Lipinski definition) is 1. The smallest absolute Gasteiger partial charge is 0.329 e. The van der Waals surface area contributed by atoms with Gasteiger partial charge in [0, 0.05) is 12.1 Å². The predicted molar refractivity (Wildman–Crippen MR) is 117 cm³/mol. The van der Waals surface area contributed by atoms with Crippen LogP contribution in [0.3, 0.4) is 0 Å². The van der Waals surface area contributed by atoms with E-state index in [0.29, 0.717) is 22.2 Å². The zero-order valence-electron chi connectivity index (χ0n) is 16.1. The van der Waals surface area contributed by atoms with E-state index in [1.54, 1.807) is 28.8 Å². The maximum absolute atomic E-state index is 13.5. The summed E-state index contributed by atoms with van der Waals surface area (Å²) in [5.41, 5.74) is 2.77. The molecule has 0 radical (unpaired) electrons. The number of carbonyl (C=O) groups excluding carboxylic acids is 1. The molecule has 1 amide bonds. The van der Waals surface area contributed by atoms with Crippen LogP contribution in [-0.2, 0) is 11.3 Å². The lowest BCUT2D eigenvalue weighted by atomic mass is 9.91. The van der Waals surface area contributed by atoms with E-state index in [0.717, 1.165) is 48.7 Å². The lowest BCUT2D eigenvalue weighted by Gasteiger charge is -2.28. The maximum Gasteiger partial charge on any atom is 0.329 e. The van der Waals surface area contributed by atoms with Crippen molar-refractivity contribution in [3.05, 3.63) is 68.1 Å². The minimum absolute atomic E-state index is 0.0488. The van der Waals surface area contributed by atoms with Crippen molar-refractivity contribution in [2.45, 2.75) is 44.3 Å². The van der Waals surface area contributed by atoms with Crippen LogP contribution in [0.1, 0.15) is 42.9 Å². The van der Waals surface area contributed by atoms with E-state index in [1.165, 1.54) is 0 Å². The second kappa shape index (κ2) is 8.55. The van der Waals surface area contributed by atoms with Gasteiger partial charge in [-0.3, -0.25) is 13.9 Å². The van der Waals surface area contributed by atoms with E-state index in [9.17, 15) is 14.9 Å². The minimum Gasteiger partial charge on any atom is -0.356 e. The van der Waals surface area contributed by atoms with Crippen molar-refractivity contribution >= 4 is 40.6 Å². The number of nitrogens with one attached hydrogen (secondary N) is 1. The summed E-state index contributed by atoms with van der Waals surface area (Å²) < 4.78 is 3.52. The Morgan fingerprint density at radius 1 is 1.07 bits per heavy atom. The lowest BCUT2D eigenvalue weighted by molar-refractivity contribution is -0.110. The predicted octanol–water partition coefficient (Wildman–Crippen LogP) is 4.26. The normalized spacial score (nSPS) is 18.8. The first-order valence-corrected chi connectivity index (χ1v) is 10.6. The Morgan fingerprint density at radius 3 is 2.50 bits per heavy atom. The standard InChI is InChI=1S/C22H20Cl2N4O2/c23-18-7-1-15(9-19(18)24)12-27-21-10-14(11-25)2-8-20(21)28(22(27)30)17-5-3-16(4-6-17)26-13-29/h1-2,7-10,13,16-17H,3-6,12H2,(H,26,29). The Labute approximate surface area is 183 Å². The first-order chi connectivity index (χ1) is 14.5. The zero-order valence-corrected chi connectivity index (χ0v) is 17.7. The molecule has 30 heavy (non-hydrogen) atoms. The quantitative estimate of drug-likeness (QED) is 0.599. The number of benzene rings is 2. The molecule has 6 nitrogen and oxygen atoms in total. The number of nitriles is 1. The first-order valence-electron chi connectivity index (χ1n) is 9.80. The lowest BCUT2D eigenvalue weighted by Crippen LogP contribution is -2.35. The first kappa shape index (κ1) is 20.5. The highest BCUT2D eigenvalue weighted by molar-refractivity contribution is 6.42. The van der Waals surface area contributed by atoms with Gasteiger partial charge in [-0.15, -0.1) is 0 Å². The second-order valence-corrected chi connectivity index (χ2v) is 8.41. The Kier molecular flexibility index (Phi) is 5.85. The number of aromatic nitrogens is 2. The Hall–Kier alpha value is -2.75. The van der Waals surface area contributed by atoms with Crippen molar-refractivity contribution < 1.29 is 4.79 Å². The molecule has 0 atom stereocenters. The molecule has 1 aliphatic rings. The Balaban J connectivity index is 1.77. The van der Waals surface area contributed by atoms with Crippen molar-refractivity contribution in [1.29, 1.82) is 5.26 Å². The highest BCUT2D eigenvalue weighted by Crippen LogP contribution is 2.31. The van der Waals surface area contributed by atoms with Crippen LogP contribution in [0.25, 0.3) is 11.0 Å². The maximum atomic E-state index is 13.5. The van der Waals surface area contributed by atoms with Gasteiger partial charge in [0.25, 0.3) is 0 Å². The van der Waals surface area contributed by atoms with Gasteiger partial charge in [0.05, 0.1) is 39.3 Å². The molecule has 0 unspecified atom stereocenters. The number of carbonyl (C=O) groups is 1. The molecule has 154 valence electrons. The molecule has 1 aromatic heterocycles. The number of fused-ring (bicyclic) bond motifs is 1. The number of halogens is 2. The third-order valence-corrected chi connectivity index (χ3v) is 6.52. The van der Waals surface area contributed by atoms with Crippen molar-refractivity contribution in [2.75, 3.05) is 0 Å². The molecule has 0 spiro atoms. The van der Waals surface area contributed by atoms with Crippen LogP contribution in [0, 0.1) is 11.3 Å². The summed E-state index contributed by atoms with van der Waals surface area (Å²) in [6.07, 6.45) is 4.00. The summed E-state index contributed by atoms with van der Waals surface area (Å²) in [5.74, 6) is 0. The average molecular weight is 443 g/mol. The van der Waals surface area contributed by atoms with Crippen LogP contribution in [0.15, 0.2) is 41.2 Å². The Morgan fingerprint density at radius 2 is 1.83 bits per heavy atom. The third-order valence-electron chi connectivity index (χ3n) is 5.78. The summed E-state index contributed by atoms with van der Waals surface area (Å²) in [6.45, 7) is 0.330. The molecule has 3 aromatic rings. The van der Waals surface area contributed by atoms with Crippen LogP contribution in [0.4, 0.5) is 0 Å². The van der Waals surface area contributed by atoms with Gasteiger partial charge in [-0.2, -0.15) is 5.26 Å². The monoisotopic (exact) mass is 442 g/mol.